The number of nitrogens with one attached hydrogen (secondary N) is 1. The summed E-state index contributed by atoms with van der Waals surface area (Å²) in [6.45, 7) is 6.09. The van der Waals surface area contributed by atoms with Crippen LogP contribution in [0.4, 0.5) is 0 Å². The van der Waals surface area contributed by atoms with Crippen LogP contribution >= 0.6 is 24.8 Å². The molecular formula is C14H24Cl2N2O2. The highest BCUT2D eigenvalue weighted by Crippen LogP contribution is 2.34. The van der Waals surface area contributed by atoms with Gasteiger partial charge in [0.25, 0.3) is 0 Å². The van der Waals surface area contributed by atoms with E-state index in [0.717, 1.165) is 44.6 Å². The molecule has 3 N–H and O–H groups in total. The van der Waals surface area contributed by atoms with Gasteiger partial charge in [0.1, 0.15) is 11.5 Å². The third kappa shape index (κ3) is 4.70. The van der Waals surface area contributed by atoms with Crippen LogP contribution < -0.4 is 5.32 Å². The van der Waals surface area contributed by atoms with Crippen molar-refractivity contribution in [1.82, 2.24) is 10.2 Å². The molecule has 1 fully saturated rings. The van der Waals surface area contributed by atoms with Gasteiger partial charge >= 0.3 is 0 Å². The molecule has 2 rings (SSSR count). The third-order valence-corrected chi connectivity index (χ3v) is 3.52. The van der Waals surface area contributed by atoms with Crippen molar-refractivity contribution in [2.45, 2.75) is 25.8 Å². The minimum absolute atomic E-state index is 0. The molecule has 116 valence electrons. The number of benzene rings is 1. The first-order valence-electron chi connectivity index (χ1n) is 6.69. The zero-order chi connectivity index (χ0) is 13.0. The van der Waals surface area contributed by atoms with Crippen molar-refractivity contribution in [2.24, 2.45) is 0 Å². The molecule has 0 spiro atoms. The fraction of sp³-hybridized carbons (Fsp3) is 0.571. The molecule has 1 atom stereocenters. The molecule has 0 aromatic heterocycles. The average Bonchev–Trinajstić information content (AvgIpc) is 2.40. The number of aromatic hydroxyl groups is 2. The summed E-state index contributed by atoms with van der Waals surface area (Å²) < 4.78 is 0. The molecule has 6 heteroatoms. The van der Waals surface area contributed by atoms with Crippen LogP contribution in [0.25, 0.3) is 0 Å². The van der Waals surface area contributed by atoms with Crippen molar-refractivity contribution < 1.29 is 10.2 Å². The van der Waals surface area contributed by atoms with E-state index in [1.165, 1.54) is 6.07 Å². The fourth-order valence-corrected chi connectivity index (χ4v) is 2.61. The molecule has 4 nitrogen and oxygen atoms in total. The molecule has 1 aliphatic heterocycles. The van der Waals surface area contributed by atoms with Gasteiger partial charge in [-0.1, -0.05) is 13.3 Å². The summed E-state index contributed by atoms with van der Waals surface area (Å²) in [7, 11) is 0. The van der Waals surface area contributed by atoms with Crippen LogP contribution in [0.1, 0.15) is 31.4 Å². The first-order valence-corrected chi connectivity index (χ1v) is 6.69. The van der Waals surface area contributed by atoms with Crippen molar-refractivity contribution in [3.63, 3.8) is 0 Å². The van der Waals surface area contributed by atoms with Gasteiger partial charge < -0.3 is 15.5 Å². The van der Waals surface area contributed by atoms with Crippen LogP contribution in [-0.2, 0) is 0 Å². The van der Waals surface area contributed by atoms with Gasteiger partial charge in [0.15, 0.2) is 0 Å². The lowest BCUT2D eigenvalue weighted by Crippen LogP contribution is -2.45. The summed E-state index contributed by atoms with van der Waals surface area (Å²) >= 11 is 0. The summed E-state index contributed by atoms with van der Waals surface area (Å²) in [6.07, 6.45) is 2.06. The Morgan fingerprint density at radius 1 is 1.20 bits per heavy atom. The smallest absolute Gasteiger partial charge is 0.120 e. The first-order chi connectivity index (χ1) is 8.72. The third-order valence-electron chi connectivity index (χ3n) is 3.52. The van der Waals surface area contributed by atoms with Crippen molar-refractivity contribution >= 4 is 24.8 Å². The van der Waals surface area contributed by atoms with Crippen LogP contribution in [0.15, 0.2) is 18.2 Å². The molecule has 1 saturated heterocycles. The zero-order valence-corrected chi connectivity index (χ0v) is 13.3. The molecule has 20 heavy (non-hydrogen) atoms. The van der Waals surface area contributed by atoms with E-state index < -0.39 is 0 Å². The summed E-state index contributed by atoms with van der Waals surface area (Å²) in [5, 5.41) is 23.0. The minimum atomic E-state index is 0. The van der Waals surface area contributed by atoms with Gasteiger partial charge in [-0.05, 0) is 24.6 Å². The molecular weight excluding hydrogens is 299 g/mol. The Balaban J connectivity index is 0.00000180. The minimum Gasteiger partial charge on any atom is -0.508 e. The van der Waals surface area contributed by atoms with Gasteiger partial charge in [0.05, 0.1) is 0 Å². The molecule has 1 heterocycles. The van der Waals surface area contributed by atoms with E-state index >= 15 is 0 Å². The molecule has 0 amide bonds. The van der Waals surface area contributed by atoms with Crippen molar-refractivity contribution in [2.75, 3.05) is 26.2 Å². The quantitative estimate of drug-likeness (QED) is 0.746. The maximum absolute atomic E-state index is 10.0. The Kier molecular flexibility index (Phi) is 8.98. The predicted molar refractivity (Wildman–Crippen MR) is 86.4 cm³/mol. The van der Waals surface area contributed by atoms with Crippen LogP contribution in [0.2, 0.25) is 0 Å². The average molecular weight is 323 g/mol. The number of hydrogen-bond acceptors (Lipinski definition) is 4. The second-order valence-electron chi connectivity index (χ2n) is 4.83. The van der Waals surface area contributed by atoms with Gasteiger partial charge in [-0.15, -0.1) is 24.8 Å². The monoisotopic (exact) mass is 322 g/mol. The number of piperazine rings is 1. The van der Waals surface area contributed by atoms with Gasteiger partial charge in [-0.3, -0.25) is 4.90 Å². The number of halogens is 2. The lowest BCUT2D eigenvalue weighted by atomic mass is 9.98. The first kappa shape index (κ1) is 19.3. The summed E-state index contributed by atoms with van der Waals surface area (Å²) in [4.78, 5) is 2.38. The Hall–Kier alpha value is -0.680. The van der Waals surface area contributed by atoms with Gasteiger partial charge in [-0.2, -0.15) is 0 Å². The van der Waals surface area contributed by atoms with Gasteiger partial charge in [-0.25, -0.2) is 0 Å². The normalized spacial score (nSPS) is 16.9. The van der Waals surface area contributed by atoms with Crippen LogP contribution in [0.5, 0.6) is 11.5 Å². The largest absolute Gasteiger partial charge is 0.508 e. The molecule has 0 radical (unpaired) electrons. The number of phenols is 2. The van der Waals surface area contributed by atoms with Crippen LogP contribution in [0, 0.1) is 0 Å². The molecule has 1 aromatic rings. The Bertz CT molecular complexity index is 399. The molecule has 1 aromatic carbocycles. The van der Waals surface area contributed by atoms with Gasteiger partial charge in [0.2, 0.25) is 0 Å². The van der Waals surface area contributed by atoms with Crippen molar-refractivity contribution in [3.8, 4) is 11.5 Å². The lowest BCUT2D eigenvalue weighted by Gasteiger charge is -2.35. The number of rotatable bonds is 4. The molecule has 1 aliphatic rings. The maximum atomic E-state index is 10.0. The Morgan fingerprint density at radius 3 is 2.45 bits per heavy atom. The predicted octanol–water partition coefficient (Wildman–Crippen LogP) is 2.69. The summed E-state index contributed by atoms with van der Waals surface area (Å²) in [6, 6.07) is 5.00. The van der Waals surface area contributed by atoms with Crippen molar-refractivity contribution in [3.05, 3.63) is 23.8 Å². The highest BCUT2D eigenvalue weighted by atomic mass is 35.5. The van der Waals surface area contributed by atoms with E-state index in [4.69, 9.17) is 0 Å². The second kappa shape index (κ2) is 9.29. The lowest BCUT2D eigenvalue weighted by molar-refractivity contribution is 0.162. The summed E-state index contributed by atoms with van der Waals surface area (Å²) in [5.41, 5.74) is 0.846. The molecule has 0 bridgehead atoms. The van der Waals surface area contributed by atoms with E-state index in [2.05, 4.69) is 17.1 Å². The fourth-order valence-electron chi connectivity index (χ4n) is 2.61. The highest BCUT2D eigenvalue weighted by molar-refractivity contribution is 5.85. The molecule has 0 unspecified atom stereocenters. The zero-order valence-electron chi connectivity index (χ0n) is 11.7. The van der Waals surface area contributed by atoms with Crippen LogP contribution in [-0.4, -0.2) is 41.3 Å². The molecule has 0 aliphatic carbocycles. The maximum Gasteiger partial charge on any atom is 0.120 e. The van der Waals surface area contributed by atoms with Crippen LogP contribution in [0.3, 0.4) is 0 Å². The number of nitrogens with zero attached hydrogens (tertiary/aromatic N) is 1. The number of hydrogen-bond donors (Lipinski definition) is 3. The van der Waals surface area contributed by atoms with E-state index in [-0.39, 0.29) is 42.4 Å². The summed E-state index contributed by atoms with van der Waals surface area (Å²) in [5.74, 6) is 0.504. The SMILES string of the molecule is CCC[C@H](c1cc(O)ccc1O)N1CCNCC1.Cl.Cl. The van der Waals surface area contributed by atoms with E-state index in [0.29, 0.717) is 0 Å². The molecule has 0 saturated carbocycles. The van der Waals surface area contributed by atoms with E-state index in [1.54, 1.807) is 12.1 Å². The Labute approximate surface area is 133 Å². The van der Waals surface area contributed by atoms with Gasteiger partial charge in [0, 0.05) is 37.8 Å². The second-order valence-corrected chi connectivity index (χ2v) is 4.83. The van der Waals surface area contributed by atoms with E-state index in [9.17, 15) is 10.2 Å². The Morgan fingerprint density at radius 2 is 1.85 bits per heavy atom. The topological polar surface area (TPSA) is 55.7 Å². The number of phenolic OH excluding ortho intramolecular Hbond substituents is 2. The standard InChI is InChI=1S/C14H22N2O2.2ClH/c1-2-3-13(16-8-6-15-7-9-16)12-10-11(17)4-5-14(12)18;;/h4-5,10,13,15,17-18H,2-3,6-9H2,1H3;2*1H/t13-;;/m1../s1. The van der Waals surface area contributed by atoms with Crippen molar-refractivity contribution in [1.29, 1.82) is 0 Å². The van der Waals surface area contributed by atoms with E-state index in [1.807, 2.05) is 0 Å². The highest BCUT2D eigenvalue weighted by Gasteiger charge is 2.23.